The second-order valence-corrected chi connectivity index (χ2v) is 11.0. The molecular formula is C29H40N4O5. The number of carboxylic acid groups (broad SMARTS) is 1. The average Bonchev–Trinajstić information content (AvgIpc) is 3.62. The van der Waals surface area contributed by atoms with E-state index in [9.17, 15) is 9.59 Å². The van der Waals surface area contributed by atoms with Crippen LogP contribution in [0.15, 0.2) is 36.5 Å². The quantitative estimate of drug-likeness (QED) is 0.427. The van der Waals surface area contributed by atoms with Gasteiger partial charge in [-0.25, -0.2) is 0 Å². The van der Waals surface area contributed by atoms with Gasteiger partial charge in [0.1, 0.15) is 5.69 Å². The van der Waals surface area contributed by atoms with Gasteiger partial charge in [0, 0.05) is 38.9 Å². The number of carbonyl (C=O) groups is 2. The molecule has 1 aliphatic carbocycles. The first kappa shape index (κ1) is 26.8. The second-order valence-electron chi connectivity index (χ2n) is 11.0. The first-order valence-electron chi connectivity index (χ1n) is 14.0. The molecule has 0 atom stereocenters. The van der Waals surface area contributed by atoms with Crippen LogP contribution in [0.25, 0.3) is 0 Å². The van der Waals surface area contributed by atoms with Crippen molar-refractivity contribution in [3.8, 4) is 0 Å². The highest BCUT2D eigenvalue weighted by molar-refractivity contribution is 5.92. The summed E-state index contributed by atoms with van der Waals surface area (Å²) in [6.45, 7) is 6.55. The minimum atomic E-state index is -0.829. The van der Waals surface area contributed by atoms with Gasteiger partial charge in [0.2, 0.25) is 0 Å². The van der Waals surface area contributed by atoms with Gasteiger partial charge in [-0.1, -0.05) is 24.3 Å². The van der Waals surface area contributed by atoms with Crippen molar-refractivity contribution in [3.05, 3.63) is 53.3 Å². The molecule has 0 unspecified atom stereocenters. The Bertz CT molecular complexity index is 1070. The lowest BCUT2D eigenvalue weighted by molar-refractivity contribution is -0.138. The normalized spacial score (nSPS) is 19.6. The van der Waals surface area contributed by atoms with Gasteiger partial charge in [-0.3, -0.25) is 14.3 Å². The maximum atomic E-state index is 13.2. The molecule has 1 aromatic carbocycles. The molecule has 5 rings (SSSR count). The number of aliphatic carboxylic acids is 1. The average molecular weight is 525 g/mol. The van der Waals surface area contributed by atoms with Crippen molar-refractivity contribution < 1.29 is 24.2 Å². The van der Waals surface area contributed by atoms with Gasteiger partial charge < -0.3 is 24.4 Å². The number of morpholine rings is 1. The summed E-state index contributed by atoms with van der Waals surface area (Å²) in [5, 5.41) is 13.2. The molecule has 1 saturated carbocycles. The molecule has 2 aromatic rings. The number of nitrogens with zero attached hydrogens (tertiary/aromatic N) is 4. The molecule has 1 N–H and O–H groups in total. The number of amides is 1. The predicted octanol–water partition coefficient (Wildman–Crippen LogP) is 2.88. The van der Waals surface area contributed by atoms with Gasteiger partial charge in [-0.15, -0.1) is 0 Å². The minimum absolute atomic E-state index is 0.0277. The molecule has 3 aliphatic rings. The first-order chi connectivity index (χ1) is 18.5. The standard InChI is InChI=1S/C29H40N4O5/c34-27(35)10-19-37-18-9-24-3-1-23(2-4-24)7-13-31-15-11-29(12-16-31)22-32(17-20-38-29)28(36)26-8-14-33(30-26)21-25-5-6-25/h1-4,8,14,25H,5-7,9-13,15-22H2,(H,34,35). The monoisotopic (exact) mass is 524 g/mol. The Labute approximate surface area is 224 Å². The van der Waals surface area contributed by atoms with Crippen molar-refractivity contribution in [1.82, 2.24) is 19.6 Å². The van der Waals surface area contributed by atoms with Crippen molar-refractivity contribution in [2.75, 3.05) is 52.5 Å². The van der Waals surface area contributed by atoms with E-state index >= 15 is 0 Å². The van der Waals surface area contributed by atoms with Crippen LogP contribution in [0.1, 0.15) is 53.7 Å². The SMILES string of the molecule is O=C(O)CCOCCc1ccc(CCN2CCC3(CC2)CN(C(=O)c2ccn(CC4CC4)n2)CCO3)cc1. The van der Waals surface area contributed by atoms with Crippen LogP contribution in [0.5, 0.6) is 0 Å². The molecule has 1 spiro atoms. The molecule has 0 radical (unpaired) electrons. The molecule has 3 fully saturated rings. The molecule has 1 amide bonds. The Morgan fingerprint density at radius 1 is 1.03 bits per heavy atom. The van der Waals surface area contributed by atoms with E-state index in [1.54, 1.807) is 0 Å². The number of hydrogen-bond donors (Lipinski definition) is 1. The summed E-state index contributed by atoms with van der Waals surface area (Å²) in [7, 11) is 0. The van der Waals surface area contributed by atoms with Gasteiger partial charge >= 0.3 is 5.97 Å². The van der Waals surface area contributed by atoms with E-state index in [0.717, 1.165) is 57.8 Å². The van der Waals surface area contributed by atoms with Crippen LogP contribution in [0.2, 0.25) is 0 Å². The zero-order valence-electron chi connectivity index (χ0n) is 22.2. The Morgan fingerprint density at radius 3 is 2.47 bits per heavy atom. The van der Waals surface area contributed by atoms with Gasteiger partial charge in [0.25, 0.3) is 5.91 Å². The zero-order valence-corrected chi connectivity index (χ0v) is 22.2. The highest BCUT2D eigenvalue weighted by Gasteiger charge is 2.41. The van der Waals surface area contributed by atoms with Crippen LogP contribution >= 0.6 is 0 Å². The van der Waals surface area contributed by atoms with Crippen molar-refractivity contribution in [3.63, 3.8) is 0 Å². The third-order valence-electron chi connectivity index (χ3n) is 8.04. The van der Waals surface area contributed by atoms with Crippen molar-refractivity contribution in [2.45, 2.75) is 57.1 Å². The van der Waals surface area contributed by atoms with E-state index in [1.807, 2.05) is 21.8 Å². The van der Waals surface area contributed by atoms with Crippen LogP contribution in [0.3, 0.4) is 0 Å². The number of hydrogen-bond acceptors (Lipinski definition) is 6. The van der Waals surface area contributed by atoms with E-state index in [2.05, 4.69) is 34.3 Å². The van der Waals surface area contributed by atoms with E-state index in [0.29, 0.717) is 32.0 Å². The Balaban J connectivity index is 1.03. The largest absolute Gasteiger partial charge is 0.481 e. The molecule has 38 heavy (non-hydrogen) atoms. The fourth-order valence-corrected chi connectivity index (χ4v) is 5.42. The topological polar surface area (TPSA) is 97.1 Å². The lowest BCUT2D eigenvalue weighted by Gasteiger charge is -2.47. The number of piperidine rings is 1. The lowest BCUT2D eigenvalue weighted by atomic mass is 9.89. The van der Waals surface area contributed by atoms with Crippen LogP contribution in [0.4, 0.5) is 0 Å². The van der Waals surface area contributed by atoms with E-state index < -0.39 is 5.97 Å². The van der Waals surface area contributed by atoms with Crippen molar-refractivity contribution in [2.24, 2.45) is 5.92 Å². The predicted molar refractivity (Wildman–Crippen MR) is 142 cm³/mol. The maximum absolute atomic E-state index is 13.2. The third kappa shape index (κ3) is 7.42. The molecular weight excluding hydrogens is 484 g/mol. The number of likely N-dealkylation sites (tertiary alicyclic amines) is 1. The summed E-state index contributed by atoms with van der Waals surface area (Å²) < 4.78 is 13.6. The van der Waals surface area contributed by atoms with E-state index in [-0.39, 0.29) is 24.5 Å². The van der Waals surface area contributed by atoms with Crippen LogP contribution in [-0.4, -0.2) is 94.7 Å². The maximum Gasteiger partial charge on any atom is 0.305 e. The van der Waals surface area contributed by atoms with Crippen LogP contribution in [-0.2, 0) is 33.7 Å². The van der Waals surface area contributed by atoms with Crippen molar-refractivity contribution in [1.29, 1.82) is 0 Å². The smallest absolute Gasteiger partial charge is 0.305 e. The Kier molecular flexibility index (Phi) is 8.76. The number of aromatic nitrogens is 2. The zero-order chi connectivity index (χ0) is 26.4. The number of benzene rings is 1. The van der Waals surface area contributed by atoms with Crippen molar-refractivity contribution >= 4 is 11.9 Å². The molecule has 2 aliphatic heterocycles. The van der Waals surface area contributed by atoms with Gasteiger partial charge in [-0.2, -0.15) is 5.10 Å². The van der Waals surface area contributed by atoms with Crippen LogP contribution < -0.4 is 0 Å². The fraction of sp³-hybridized carbons (Fsp3) is 0.621. The first-order valence-corrected chi connectivity index (χ1v) is 14.0. The molecule has 0 bridgehead atoms. The summed E-state index contributed by atoms with van der Waals surface area (Å²) in [6, 6.07) is 10.5. The fourth-order valence-electron chi connectivity index (χ4n) is 5.42. The highest BCUT2D eigenvalue weighted by atomic mass is 16.5. The van der Waals surface area contributed by atoms with E-state index in [1.165, 1.54) is 24.0 Å². The van der Waals surface area contributed by atoms with Gasteiger partial charge in [-0.05, 0) is 61.6 Å². The molecule has 9 heteroatoms. The molecule has 3 heterocycles. The second kappa shape index (κ2) is 12.4. The van der Waals surface area contributed by atoms with E-state index in [4.69, 9.17) is 14.6 Å². The minimum Gasteiger partial charge on any atom is -0.481 e. The van der Waals surface area contributed by atoms with Crippen LogP contribution in [0, 0.1) is 5.92 Å². The number of carboxylic acids is 1. The van der Waals surface area contributed by atoms with Gasteiger partial charge in [0.15, 0.2) is 0 Å². The number of ether oxygens (including phenoxy) is 2. The summed E-state index contributed by atoms with van der Waals surface area (Å²) in [4.78, 5) is 28.1. The number of rotatable bonds is 12. The Hall–Kier alpha value is -2.75. The summed E-state index contributed by atoms with van der Waals surface area (Å²) >= 11 is 0. The summed E-state index contributed by atoms with van der Waals surface area (Å²) in [5.74, 6) is -0.0680. The Morgan fingerprint density at radius 2 is 1.76 bits per heavy atom. The third-order valence-corrected chi connectivity index (χ3v) is 8.04. The summed E-state index contributed by atoms with van der Waals surface area (Å²) in [5.41, 5.74) is 2.83. The lowest BCUT2D eigenvalue weighted by Crippen LogP contribution is -2.58. The van der Waals surface area contributed by atoms with Gasteiger partial charge in [0.05, 0.1) is 38.4 Å². The highest BCUT2D eigenvalue weighted by Crippen LogP contribution is 2.32. The molecule has 2 saturated heterocycles. The summed E-state index contributed by atoms with van der Waals surface area (Å²) in [6.07, 6.45) is 8.19. The molecule has 9 nitrogen and oxygen atoms in total. The molecule has 206 valence electrons. The molecule has 1 aromatic heterocycles. The number of carbonyl (C=O) groups excluding carboxylic acids is 1.